The zero-order chi connectivity index (χ0) is 15.9. The van der Waals surface area contributed by atoms with Crippen LogP contribution in [0.3, 0.4) is 0 Å². The van der Waals surface area contributed by atoms with Crippen molar-refractivity contribution >= 4 is 26.8 Å². The molecule has 0 unspecified atom stereocenters. The summed E-state index contributed by atoms with van der Waals surface area (Å²) in [5, 5.41) is 0. The molecule has 3 aromatic rings. The molecule has 0 aliphatic carbocycles. The second-order valence-corrected chi connectivity index (χ2v) is 6.94. The molecule has 1 heterocycles. The molecular weight excluding hydrogens is 300 g/mol. The zero-order valence-corrected chi connectivity index (χ0v) is 13.4. The third-order valence-corrected chi connectivity index (χ3v) is 4.90. The molecule has 5 nitrogen and oxygen atoms in total. The van der Waals surface area contributed by atoms with Crippen LogP contribution in [0.5, 0.6) is 0 Å². The zero-order valence-electron chi connectivity index (χ0n) is 12.5. The first-order valence-corrected chi connectivity index (χ1v) is 8.31. The van der Waals surface area contributed by atoms with Gasteiger partial charge in [-0.25, -0.2) is 13.4 Å². The monoisotopic (exact) mass is 316 g/mol. The van der Waals surface area contributed by atoms with Crippen molar-refractivity contribution in [2.75, 3.05) is 4.72 Å². The maximum Gasteiger partial charge on any atom is 0.262 e. The van der Waals surface area contributed by atoms with E-state index in [0.717, 1.165) is 5.56 Å². The number of rotatable bonds is 3. The lowest BCUT2D eigenvalue weighted by Crippen LogP contribution is -2.14. The molecule has 3 rings (SSSR count). The van der Waals surface area contributed by atoms with E-state index < -0.39 is 10.0 Å². The van der Waals surface area contributed by atoms with E-state index in [-0.39, 0.29) is 4.90 Å². The predicted molar refractivity (Wildman–Crippen MR) is 85.5 cm³/mol. The summed E-state index contributed by atoms with van der Waals surface area (Å²) in [7, 11) is -3.64. The summed E-state index contributed by atoms with van der Waals surface area (Å²) in [6, 6.07) is 10.4. The highest BCUT2D eigenvalue weighted by molar-refractivity contribution is 7.92. The fourth-order valence-electron chi connectivity index (χ4n) is 2.31. The Labute approximate surface area is 129 Å². The van der Waals surface area contributed by atoms with Crippen LogP contribution in [0, 0.1) is 20.8 Å². The maximum atomic E-state index is 12.6. The standard InChI is InChI=1S/C16H16N2O3S/c1-10-4-5-11(2)16(8-10)22(19,20)18-13-6-7-15-14(9-13)17-12(3)21-15/h4-9,18H,1-3H3. The number of oxazole rings is 1. The minimum absolute atomic E-state index is 0.281. The molecule has 0 saturated carbocycles. The number of fused-ring (bicyclic) bond motifs is 1. The molecule has 0 radical (unpaired) electrons. The summed E-state index contributed by atoms with van der Waals surface area (Å²) >= 11 is 0. The molecular formula is C16H16N2O3S. The van der Waals surface area contributed by atoms with Crippen LogP contribution in [0.4, 0.5) is 5.69 Å². The van der Waals surface area contributed by atoms with Crippen LogP contribution in [-0.4, -0.2) is 13.4 Å². The van der Waals surface area contributed by atoms with Crippen molar-refractivity contribution < 1.29 is 12.8 Å². The number of anilines is 1. The van der Waals surface area contributed by atoms with E-state index in [9.17, 15) is 8.42 Å². The van der Waals surface area contributed by atoms with Gasteiger partial charge in [0.1, 0.15) is 5.52 Å². The molecule has 2 aromatic carbocycles. The van der Waals surface area contributed by atoms with Crippen molar-refractivity contribution in [1.29, 1.82) is 0 Å². The summed E-state index contributed by atoms with van der Waals surface area (Å²) < 4.78 is 33.1. The minimum atomic E-state index is -3.64. The van der Waals surface area contributed by atoms with Crippen LogP contribution < -0.4 is 4.72 Å². The largest absolute Gasteiger partial charge is 0.441 e. The number of nitrogens with one attached hydrogen (secondary N) is 1. The Morgan fingerprint density at radius 3 is 2.59 bits per heavy atom. The van der Waals surface area contributed by atoms with Gasteiger partial charge in [0.15, 0.2) is 11.5 Å². The summed E-state index contributed by atoms with van der Waals surface area (Å²) in [6.45, 7) is 5.39. The Morgan fingerprint density at radius 1 is 1.05 bits per heavy atom. The number of hydrogen-bond donors (Lipinski definition) is 1. The Kier molecular flexibility index (Phi) is 3.41. The first kappa shape index (κ1) is 14.6. The lowest BCUT2D eigenvalue weighted by atomic mass is 10.2. The van der Waals surface area contributed by atoms with Crippen LogP contribution in [-0.2, 0) is 10.0 Å². The average molecular weight is 316 g/mol. The highest BCUT2D eigenvalue weighted by Crippen LogP contribution is 2.24. The number of benzene rings is 2. The van der Waals surface area contributed by atoms with Crippen molar-refractivity contribution in [3.63, 3.8) is 0 Å². The van der Waals surface area contributed by atoms with Crippen molar-refractivity contribution in [3.8, 4) is 0 Å². The van der Waals surface area contributed by atoms with E-state index in [2.05, 4.69) is 9.71 Å². The Balaban J connectivity index is 2.00. The molecule has 0 amide bonds. The van der Waals surface area contributed by atoms with Crippen LogP contribution >= 0.6 is 0 Å². The van der Waals surface area contributed by atoms with Gasteiger partial charge in [-0.3, -0.25) is 4.72 Å². The third-order valence-electron chi connectivity index (χ3n) is 3.38. The number of aromatic nitrogens is 1. The number of nitrogens with zero attached hydrogens (tertiary/aromatic N) is 1. The van der Waals surface area contributed by atoms with E-state index in [1.165, 1.54) is 0 Å². The topological polar surface area (TPSA) is 72.2 Å². The van der Waals surface area contributed by atoms with Gasteiger partial charge in [0.05, 0.1) is 10.6 Å². The maximum absolute atomic E-state index is 12.6. The second-order valence-electron chi connectivity index (χ2n) is 5.29. The van der Waals surface area contributed by atoms with Gasteiger partial charge in [0.25, 0.3) is 10.0 Å². The Hall–Kier alpha value is -2.34. The van der Waals surface area contributed by atoms with Crippen LogP contribution in [0.2, 0.25) is 0 Å². The fourth-order valence-corrected chi connectivity index (χ4v) is 3.69. The molecule has 0 saturated heterocycles. The number of aryl methyl sites for hydroxylation is 3. The van der Waals surface area contributed by atoms with Gasteiger partial charge < -0.3 is 4.42 Å². The molecule has 1 aromatic heterocycles. The fraction of sp³-hybridized carbons (Fsp3) is 0.188. The molecule has 0 aliphatic heterocycles. The first-order valence-electron chi connectivity index (χ1n) is 6.82. The van der Waals surface area contributed by atoms with Gasteiger partial charge in [-0.15, -0.1) is 0 Å². The van der Waals surface area contributed by atoms with Gasteiger partial charge in [-0.05, 0) is 49.2 Å². The molecule has 22 heavy (non-hydrogen) atoms. The van der Waals surface area contributed by atoms with E-state index >= 15 is 0 Å². The van der Waals surface area contributed by atoms with E-state index in [1.54, 1.807) is 44.2 Å². The Bertz CT molecular complexity index is 959. The van der Waals surface area contributed by atoms with Crippen LogP contribution in [0.15, 0.2) is 45.7 Å². The van der Waals surface area contributed by atoms with Crippen LogP contribution in [0.25, 0.3) is 11.1 Å². The SMILES string of the molecule is Cc1ccc(C)c(S(=O)(=O)Nc2ccc3oc(C)nc3c2)c1. The van der Waals surface area contributed by atoms with E-state index in [4.69, 9.17) is 4.42 Å². The highest BCUT2D eigenvalue weighted by Gasteiger charge is 2.17. The predicted octanol–water partition coefficient (Wildman–Crippen LogP) is 3.55. The Morgan fingerprint density at radius 2 is 1.82 bits per heavy atom. The molecule has 0 atom stereocenters. The van der Waals surface area contributed by atoms with Crippen molar-refractivity contribution in [1.82, 2.24) is 4.98 Å². The molecule has 0 fully saturated rings. The first-order chi connectivity index (χ1) is 10.3. The van der Waals surface area contributed by atoms with Crippen molar-refractivity contribution in [2.24, 2.45) is 0 Å². The summed E-state index contributed by atoms with van der Waals surface area (Å²) in [5.74, 6) is 0.546. The third kappa shape index (κ3) is 2.69. The smallest absolute Gasteiger partial charge is 0.262 e. The molecule has 0 spiro atoms. The summed E-state index contributed by atoms with van der Waals surface area (Å²) in [4.78, 5) is 4.49. The van der Waals surface area contributed by atoms with E-state index in [1.807, 2.05) is 13.0 Å². The lowest BCUT2D eigenvalue weighted by molar-refractivity contribution is 0.561. The lowest BCUT2D eigenvalue weighted by Gasteiger charge is -2.11. The van der Waals surface area contributed by atoms with Gasteiger partial charge in [0, 0.05) is 6.92 Å². The molecule has 0 bridgehead atoms. The van der Waals surface area contributed by atoms with Crippen molar-refractivity contribution in [3.05, 3.63) is 53.4 Å². The number of hydrogen-bond acceptors (Lipinski definition) is 4. The minimum Gasteiger partial charge on any atom is -0.441 e. The van der Waals surface area contributed by atoms with Gasteiger partial charge >= 0.3 is 0 Å². The average Bonchev–Trinajstić information content (AvgIpc) is 2.80. The summed E-state index contributed by atoms with van der Waals surface area (Å²) in [6.07, 6.45) is 0. The normalized spacial score (nSPS) is 11.8. The molecule has 6 heteroatoms. The molecule has 114 valence electrons. The van der Waals surface area contributed by atoms with Crippen molar-refractivity contribution in [2.45, 2.75) is 25.7 Å². The number of sulfonamides is 1. The molecule has 0 aliphatic rings. The molecule has 1 N–H and O–H groups in total. The van der Waals surface area contributed by atoms with Gasteiger partial charge in [-0.1, -0.05) is 12.1 Å². The quantitative estimate of drug-likeness (QED) is 0.802. The van der Waals surface area contributed by atoms with Gasteiger partial charge in [-0.2, -0.15) is 0 Å². The van der Waals surface area contributed by atoms with Gasteiger partial charge in [0.2, 0.25) is 0 Å². The van der Waals surface area contributed by atoms with E-state index in [0.29, 0.717) is 28.2 Å². The van der Waals surface area contributed by atoms with Crippen LogP contribution in [0.1, 0.15) is 17.0 Å². The second kappa shape index (κ2) is 5.14. The summed E-state index contributed by atoms with van der Waals surface area (Å²) in [5.41, 5.74) is 3.32. The highest BCUT2D eigenvalue weighted by atomic mass is 32.2.